The molecule has 1 aromatic rings. The topological polar surface area (TPSA) is 49.8 Å². The van der Waals surface area contributed by atoms with Gasteiger partial charge in [-0.15, -0.1) is 5.73 Å². The lowest BCUT2D eigenvalue weighted by Gasteiger charge is -2.38. The first kappa shape index (κ1) is 21.5. The average Bonchev–Trinajstić information content (AvgIpc) is 2.60. The highest BCUT2D eigenvalue weighted by Crippen LogP contribution is 2.41. The molecule has 0 saturated heterocycles. The van der Waals surface area contributed by atoms with Crippen LogP contribution in [0, 0.1) is 6.92 Å². The Morgan fingerprint density at radius 3 is 2.29 bits per heavy atom. The molecule has 1 unspecified atom stereocenters. The van der Waals surface area contributed by atoms with Crippen molar-refractivity contribution in [3.63, 3.8) is 0 Å². The minimum absolute atomic E-state index is 0.545. The molecule has 0 saturated carbocycles. The second-order valence-corrected chi connectivity index (χ2v) is 7.97. The van der Waals surface area contributed by atoms with Crippen LogP contribution in [0.5, 0.6) is 0 Å². The van der Waals surface area contributed by atoms with Crippen molar-refractivity contribution >= 4 is 11.5 Å². The first-order valence-corrected chi connectivity index (χ1v) is 9.20. The molecule has 1 aliphatic heterocycles. The molecule has 1 N–H and O–H groups in total. The highest BCUT2D eigenvalue weighted by Gasteiger charge is 2.37. The third-order valence-corrected chi connectivity index (χ3v) is 4.66. The van der Waals surface area contributed by atoms with Crippen molar-refractivity contribution in [2.24, 2.45) is 0 Å². The molecule has 0 radical (unpaired) electrons. The average molecular weight is 380 g/mol. The van der Waals surface area contributed by atoms with Gasteiger partial charge in [0.25, 0.3) is 0 Å². The van der Waals surface area contributed by atoms with Gasteiger partial charge in [-0.3, -0.25) is 0 Å². The molecule has 0 aliphatic carbocycles. The van der Waals surface area contributed by atoms with E-state index in [1.807, 2.05) is 70.8 Å². The number of rotatable bonds is 5. The van der Waals surface area contributed by atoms with E-state index in [1.165, 1.54) is 0 Å². The molecule has 2 rings (SSSR count). The van der Waals surface area contributed by atoms with Gasteiger partial charge in [-0.05, 0) is 57.4 Å². The zero-order chi connectivity index (χ0) is 21.2. The molecule has 28 heavy (non-hydrogen) atoms. The number of hydrogen-bond acceptors (Lipinski definition) is 3. The van der Waals surface area contributed by atoms with E-state index in [9.17, 15) is 9.90 Å². The number of aryl methyl sites for hydroxylation is 1. The summed E-state index contributed by atoms with van der Waals surface area (Å²) in [4.78, 5) is 14.1. The largest absolute Gasteiger partial charge is 0.479 e. The van der Waals surface area contributed by atoms with E-state index < -0.39 is 17.7 Å². The second-order valence-electron chi connectivity index (χ2n) is 7.97. The molecule has 0 aromatic heterocycles. The fraction of sp³-hybridized carbons (Fsp3) is 0.333. The maximum absolute atomic E-state index is 12.2. The lowest BCUT2D eigenvalue weighted by atomic mass is 9.85. The molecule has 1 aromatic carbocycles. The Morgan fingerprint density at radius 1 is 1.25 bits per heavy atom. The Kier molecular flexibility index (Phi) is 6.18. The Morgan fingerprint density at radius 2 is 1.82 bits per heavy atom. The fourth-order valence-corrected chi connectivity index (χ4v) is 3.24. The van der Waals surface area contributed by atoms with Crippen LogP contribution >= 0.6 is 0 Å². The van der Waals surface area contributed by atoms with Crippen LogP contribution in [-0.4, -0.2) is 34.7 Å². The molecule has 0 fully saturated rings. The van der Waals surface area contributed by atoms with E-state index in [0.717, 1.165) is 33.5 Å². The zero-order valence-electron chi connectivity index (χ0n) is 17.6. The predicted octanol–water partition coefficient (Wildman–Crippen LogP) is 5.09. The van der Waals surface area contributed by atoms with E-state index in [1.54, 1.807) is 6.08 Å². The summed E-state index contributed by atoms with van der Waals surface area (Å²) in [6, 6.07) is 8.00. The van der Waals surface area contributed by atoms with E-state index in [-0.39, 0.29) is 0 Å². The van der Waals surface area contributed by atoms with Gasteiger partial charge in [0.2, 0.25) is 0 Å². The van der Waals surface area contributed by atoms with Crippen LogP contribution in [0.4, 0.5) is 0 Å². The lowest BCUT2D eigenvalue weighted by Crippen LogP contribution is -2.41. The first-order chi connectivity index (χ1) is 13.0. The third kappa shape index (κ3) is 4.36. The summed E-state index contributed by atoms with van der Waals surface area (Å²) >= 11 is 0. The van der Waals surface area contributed by atoms with Crippen molar-refractivity contribution in [2.45, 2.75) is 46.3 Å². The van der Waals surface area contributed by atoms with Gasteiger partial charge in [0, 0.05) is 18.3 Å². The maximum Gasteiger partial charge on any atom is 0.339 e. The number of carboxylic acids is 1. The predicted molar refractivity (Wildman–Crippen MR) is 114 cm³/mol. The van der Waals surface area contributed by atoms with E-state index in [4.69, 9.17) is 4.74 Å². The molecule has 0 amide bonds. The highest BCUT2D eigenvalue weighted by atomic mass is 16.5. The van der Waals surface area contributed by atoms with Gasteiger partial charge in [0.15, 0.2) is 6.10 Å². The second kappa shape index (κ2) is 8.05. The third-order valence-electron chi connectivity index (χ3n) is 4.66. The number of benzene rings is 1. The Labute approximate surface area is 167 Å². The van der Waals surface area contributed by atoms with Crippen molar-refractivity contribution < 1.29 is 14.6 Å². The number of ether oxygens (including phenoxy) is 1. The van der Waals surface area contributed by atoms with Crippen molar-refractivity contribution in [3.8, 4) is 0 Å². The number of nitrogens with zero attached hydrogens (tertiary/aromatic N) is 1. The van der Waals surface area contributed by atoms with Crippen molar-refractivity contribution in [1.29, 1.82) is 0 Å². The van der Waals surface area contributed by atoms with Crippen LogP contribution < -0.4 is 0 Å². The summed E-state index contributed by atoms with van der Waals surface area (Å²) in [5.41, 5.74) is 8.08. The number of carboxylic acid groups (broad SMARTS) is 1. The van der Waals surface area contributed by atoms with Gasteiger partial charge in [-0.25, -0.2) is 4.79 Å². The minimum Gasteiger partial charge on any atom is -0.479 e. The fourth-order valence-electron chi connectivity index (χ4n) is 3.24. The molecule has 0 bridgehead atoms. The quantitative estimate of drug-likeness (QED) is 0.724. The van der Waals surface area contributed by atoms with Crippen LogP contribution in [-0.2, 0) is 9.53 Å². The molecule has 1 heterocycles. The molecular formula is C24H29NO3. The van der Waals surface area contributed by atoms with Gasteiger partial charge in [0.1, 0.15) is 0 Å². The first-order valence-electron chi connectivity index (χ1n) is 9.20. The molecular weight excluding hydrogens is 350 g/mol. The summed E-state index contributed by atoms with van der Waals surface area (Å²) in [5.74, 6) is -1.05. The molecule has 1 aliphatic rings. The maximum atomic E-state index is 12.2. The molecule has 4 heteroatoms. The van der Waals surface area contributed by atoms with Gasteiger partial charge in [0.05, 0.1) is 11.3 Å². The van der Waals surface area contributed by atoms with Crippen molar-refractivity contribution in [2.75, 3.05) is 7.05 Å². The van der Waals surface area contributed by atoms with Crippen LogP contribution in [0.15, 0.2) is 71.8 Å². The number of hydrogen-bond donors (Lipinski definition) is 1. The minimum atomic E-state index is -1.15. The molecule has 0 spiro atoms. The van der Waals surface area contributed by atoms with Crippen LogP contribution in [0.2, 0.25) is 0 Å². The summed E-state index contributed by atoms with van der Waals surface area (Å²) in [5, 5.41) is 10.0. The van der Waals surface area contributed by atoms with Gasteiger partial charge in [-0.2, -0.15) is 0 Å². The van der Waals surface area contributed by atoms with Crippen LogP contribution in [0.25, 0.3) is 5.57 Å². The van der Waals surface area contributed by atoms with Crippen molar-refractivity contribution in [3.05, 3.63) is 82.9 Å². The van der Waals surface area contributed by atoms with Gasteiger partial charge in [-0.1, -0.05) is 43.0 Å². The van der Waals surface area contributed by atoms with E-state index in [0.29, 0.717) is 5.70 Å². The number of aliphatic carboxylic acids is 1. The summed E-state index contributed by atoms with van der Waals surface area (Å²) in [7, 11) is 1.83. The SMILES string of the molecule is C=C=CC1=C(C)C(=C)N(C)C(C(OC(C)(C)C)C(=O)O)=C1c1ccc(C)cc1. The smallest absolute Gasteiger partial charge is 0.339 e. The van der Waals surface area contributed by atoms with Crippen LogP contribution in [0.3, 0.4) is 0 Å². The molecule has 148 valence electrons. The monoisotopic (exact) mass is 379 g/mol. The highest BCUT2D eigenvalue weighted by molar-refractivity contribution is 5.91. The Hall–Kier alpha value is -2.81. The summed E-state index contributed by atoms with van der Waals surface area (Å²) in [6.07, 6.45) is 0.623. The summed E-state index contributed by atoms with van der Waals surface area (Å²) in [6.45, 7) is 17.4. The molecule has 4 nitrogen and oxygen atoms in total. The number of likely N-dealkylation sites (N-methyl/N-ethyl adjacent to an activating group) is 1. The van der Waals surface area contributed by atoms with E-state index >= 15 is 0 Å². The van der Waals surface area contributed by atoms with Gasteiger partial charge >= 0.3 is 5.97 Å². The van der Waals surface area contributed by atoms with Crippen molar-refractivity contribution in [1.82, 2.24) is 4.90 Å². The normalized spacial score (nSPS) is 16.2. The summed E-state index contributed by atoms with van der Waals surface area (Å²) < 4.78 is 5.98. The van der Waals surface area contributed by atoms with Gasteiger partial charge < -0.3 is 14.7 Å². The van der Waals surface area contributed by atoms with E-state index in [2.05, 4.69) is 18.9 Å². The standard InChI is InChI=1S/C24H29NO3/c1-9-10-19-16(3)17(4)25(8)21(22(23(26)27)28-24(5,6)7)20(19)18-13-11-15(2)12-14-18/h10-14,22H,1,4H2,2-3,5-8H3,(H,26,27). The Bertz CT molecular complexity index is 904. The van der Waals surface area contributed by atoms with Crippen LogP contribution in [0.1, 0.15) is 38.8 Å². The molecule has 1 atom stereocenters. The Balaban J connectivity index is 2.90. The number of carbonyl (C=O) groups is 1. The lowest BCUT2D eigenvalue weighted by molar-refractivity contribution is -0.157. The number of allylic oxidation sites excluding steroid dienone is 4. The zero-order valence-corrected chi connectivity index (χ0v) is 17.6.